The molecule has 1 N–H and O–H groups in total. The van der Waals surface area contributed by atoms with Crippen molar-refractivity contribution in [1.82, 2.24) is 10.2 Å². The minimum absolute atomic E-state index is 0.0454. The van der Waals surface area contributed by atoms with E-state index < -0.39 is 0 Å². The molecule has 0 saturated carbocycles. The summed E-state index contributed by atoms with van der Waals surface area (Å²) in [6, 6.07) is 20.1. The number of halogens is 1. The van der Waals surface area contributed by atoms with E-state index in [-0.39, 0.29) is 24.4 Å². The number of rotatable bonds is 7. The molecule has 1 amide bonds. The summed E-state index contributed by atoms with van der Waals surface area (Å²) < 4.78 is 24.6. The van der Waals surface area contributed by atoms with E-state index in [1.54, 1.807) is 12.1 Å². The Morgan fingerprint density at radius 1 is 1.03 bits per heavy atom. The number of hydrogen-bond acceptors (Lipinski definition) is 4. The first-order valence-electron chi connectivity index (χ1n) is 10.2. The van der Waals surface area contributed by atoms with Crippen LogP contribution >= 0.6 is 0 Å². The topological polar surface area (TPSA) is 50.8 Å². The van der Waals surface area contributed by atoms with Crippen molar-refractivity contribution in [3.63, 3.8) is 0 Å². The van der Waals surface area contributed by atoms with E-state index in [1.165, 1.54) is 12.1 Å². The SMILES string of the molecule is O=C(COc1cccc2ccccc12)NCC(c1ccc(F)cc1)N1CCOCC1. The summed E-state index contributed by atoms with van der Waals surface area (Å²) >= 11 is 0. The summed E-state index contributed by atoms with van der Waals surface area (Å²) in [6.07, 6.45) is 0. The zero-order valence-electron chi connectivity index (χ0n) is 16.7. The number of fused-ring (bicyclic) bond motifs is 1. The number of benzene rings is 3. The van der Waals surface area contributed by atoms with Gasteiger partial charge in [0.2, 0.25) is 0 Å². The van der Waals surface area contributed by atoms with Gasteiger partial charge in [0.1, 0.15) is 11.6 Å². The van der Waals surface area contributed by atoms with E-state index in [2.05, 4.69) is 10.2 Å². The maximum absolute atomic E-state index is 13.4. The molecule has 1 saturated heterocycles. The Labute approximate surface area is 175 Å². The average Bonchev–Trinajstić information content (AvgIpc) is 2.79. The molecule has 6 heteroatoms. The molecule has 0 aliphatic carbocycles. The Bertz CT molecular complexity index is 982. The number of nitrogens with zero attached hydrogens (tertiary/aromatic N) is 1. The normalized spacial score (nSPS) is 15.6. The Hall–Kier alpha value is -2.96. The number of carbonyl (C=O) groups is 1. The van der Waals surface area contributed by atoms with Crippen molar-refractivity contribution < 1.29 is 18.7 Å². The predicted octanol–water partition coefficient (Wildman–Crippen LogP) is 3.55. The number of nitrogens with one attached hydrogen (secondary N) is 1. The van der Waals surface area contributed by atoms with E-state index in [9.17, 15) is 9.18 Å². The molecule has 0 radical (unpaired) electrons. The molecule has 5 nitrogen and oxygen atoms in total. The highest BCUT2D eigenvalue weighted by atomic mass is 19.1. The third kappa shape index (κ3) is 4.96. The molecule has 3 aromatic rings. The minimum atomic E-state index is -0.271. The van der Waals surface area contributed by atoms with Crippen LogP contribution in [0.3, 0.4) is 0 Å². The predicted molar refractivity (Wildman–Crippen MR) is 114 cm³/mol. The van der Waals surface area contributed by atoms with Crippen LogP contribution in [0.1, 0.15) is 11.6 Å². The van der Waals surface area contributed by atoms with Gasteiger partial charge in [0, 0.05) is 25.0 Å². The highest BCUT2D eigenvalue weighted by Gasteiger charge is 2.23. The van der Waals surface area contributed by atoms with Crippen molar-refractivity contribution >= 4 is 16.7 Å². The molecule has 1 aliphatic heterocycles. The molecule has 156 valence electrons. The molecule has 3 aromatic carbocycles. The lowest BCUT2D eigenvalue weighted by molar-refractivity contribution is -0.123. The second-order valence-electron chi connectivity index (χ2n) is 7.29. The van der Waals surface area contributed by atoms with Crippen LogP contribution in [0.5, 0.6) is 5.75 Å². The van der Waals surface area contributed by atoms with Crippen LogP contribution in [-0.2, 0) is 9.53 Å². The fraction of sp³-hybridized carbons (Fsp3) is 0.292. The number of ether oxygens (including phenoxy) is 2. The Morgan fingerprint density at radius 3 is 2.57 bits per heavy atom. The third-order valence-corrected chi connectivity index (χ3v) is 5.34. The van der Waals surface area contributed by atoms with Crippen molar-refractivity contribution in [2.75, 3.05) is 39.5 Å². The van der Waals surface area contributed by atoms with Crippen LogP contribution in [0, 0.1) is 5.82 Å². The van der Waals surface area contributed by atoms with Gasteiger partial charge in [-0.2, -0.15) is 0 Å². The molecule has 1 unspecified atom stereocenters. The highest BCUT2D eigenvalue weighted by Crippen LogP contribution is 2.25. The molecule has 1 atom stereocenters. The third-order valence-electron chi connectivity index (χ3n) is 5.34. The number of amides is 1. The Balaban J connectivity index is 1.39. The van der Waals surface area contributed by atoms with Gasteiger partial charge in [0.15, 0.2) is 6.61 Å². The standard InChI is InChI=1S/C24H25FN2O3/c25-20-10-8-19(9-11-20)22(27-12-14-29-15-13-27)16-26-24(28)17-30-23-7-3-5-18-4-1-2-6-21(18)23/h1-11,22H,12-17H2,(H,26,28). The molecule has 1 heterocycles. The van der Waals surface area contributed by atoms with Crippen LogP contribution in [0.4, 0.5) is 4.39 Å². The molecule has 1 aliphatic rings. The van der Waals surface area contributed by atoms with Gasteiger partial charge in [-0.05, 0) is 29.1 Å². The second-order valence-corrected chi connectivity index (χ2v) is 7.29. The Kier molecular flexibility index (Phi) is 6.57. The van der Waals surface area contributed by atoms with Gasteiger partial charge >= 0.3 is 0 Å². The van der Waals surface area contributed by atoms with Crippen LogP contribution in [0.25, 0.3) is 10.8 Å². The lowest BCUT2D eigenvalue weighted by atomic mass is 10.0. The van der Waals surface area contributed by atoms with Gasteiger partial charge in [0.05, 0.1) is 19.3 Å². The molecule has 0 aromatic heterocycles. The summed E-state index contributed by atoms with van der Waals surface area (Å²) in [4.78, 5) is 14.7. The molecule has 0 bridgehead atoms. The van der Waals surface area contributed by atoms with Gasteiger partial charge in [-0.1, -0.05) is 48.5 Å². The second kappa shape index (κ2) is 9.69. The summed E-state index contributed by atoms with van der Waals surface area (Å²) in [5, 5.41) is 5.02. The lowest BCUT2D eigenvalue weighted by Crippen LogP contribution is -2.44. The van der Waals surface area contributed by atoms with E-state index in [0.717, 1.165) is 29.4 Å². The van der Waals surface area contributed by atoms with Crippen molar-refractivity contribution in [3.8, 4) is 5.75 Å². The first-order valence-corrected chi connectivity index (χ1v) is 10.2. The largest absolute Gasteiger partial charge is 0.483 e. The zero-order chi connectivity index (χ0) is 20.8. The molecular formula is C24H25FN2O3. The summed E-state index contributed by atoms with van der Waals surface area (Å²) in [6.45, 7) is 3.19. The number of hydrogen-bond donors (Lipinski definition) is 1. The van der Waals surface area contributed by atoms with Crippen molar-refractivity contribution in [2.45, 2.75) is 6.04 Å². The molecule has 0 spiro atoms. The highest BCUT2D eigenvalue weighted by molar-refractivity contribution is 5.88. The van der Waals surface area contributed by atoms with Crippen molar-refractivity contribution in [1.29, 1.82) is 0 Å². The van der Waals surface area contributed by atoms with Crippen LogP contribution in [0.2, 0.25) is 0 Å². The van der Waals surface area contributed by atoms with Gasteiger partial charge < -0.3 is 14.8 Å². The maximum atomic E-state index is 13.4. The average molecular weight is 408 g/mol. The van der Waals surface area contributed by atoms with Gasteiger partial charge in [-0.25, -0.2) is 4.39 Å². The van der Waals surface area contributed by atoms with Crippen molar-refractivity contribution in [2.24, 2.45) is 0 Å². The van der Waals surface area contributed by atoms with E-state index in [1.807, 2.05) is 42.5 Å². The van der Waals surface area contributed by atoms with Crippen LogP contribution < -0.4 is 10.1 Å². The smallest absolute Gasteiger partial charge is 0.258 e. The van der Waals surface area contributed by atoms with Gasteiger partial charge in [-0.3, -0.25) is 9.69 Å². The zero-order valence-corrected chi connectivity index (χ0v) is 16.7. The van der Waals surface area contributed by atoms with E-state index >= 15 is 0 Å². The van der Waals surface area contributed by atoms with Crippen LogP contribution in [-0.4, -0.2) is 50.3 Å². The van der Waals surface area contributed by atoms with Gasteiger partial charge in [0.25, 0.3) is 5.91 Å². The van der Waals surface area contributed by atoms with E-state index in [0.29, 0.717) is 25.5 Å². The monoisotopic (exact) mass is 408 g/mol. The first kappa shape index (κ1) is 20.3. The quantitative estimate of drug-likeness (QED) is 0.650. The van der Waals surface area contributed by atoms with Crippen molar-refractivity contribution in [3.05, 3.63) is 78.1 Å². The number of morpholine rings is 1. The van der Waals surface area contributed by atoms with Crippen LogP contribution in [0.15, 0.2) is 66.7 Å². The maximum Gasteiger partial charge on any atom is 0.258 e. The summed E-state index contributed by atoms with van der Waals surface area (Å²) in [5.41, 5.74) is 0.966. The minimum Gasteiger partial charge on any atom is -0.483 e. The Morgan fingerprint density at radius 2 is 1.77 bits per heavy atom. The fourth-order valence-electron chi connectivity index (χ4n) is 3.76. The fourth-order valence-corrected chi connectivity index (χ4v) is 3.76. The summed E-state index contributed by atoms with van der Waals surface area (Å²) in [7, 11) is 0. The van der Waals surface area contributed by atoms with Gasteiger partial charge in [-0.15, -0.1) is 0 Å². The molecule has 30 heavy (non-hydrogen) atoms. The number of carbonyl (C=O) groups excluding carboxylic acids is 1. The summed E-state index contributed by atoms with van der Waals surface area (Å²) in [5.74, 6) is 0.224. The molecule has 1 fully saturated rings. The van der Waals surface area contributed by atoms with E-state index in [4.69, 9.17) is 9.47 Å². The lowest BCUT2D eigenvalue weighted by Gasteiger charge is -2.35. The molecular weight excluding hydrogens is 383 g/mol. The first-order chi connectivity index (χ1) is 14.7. The molecule has 4 rings (SSSR count).